The van der Waals surface area contributed by atoms with E-state index in [1.165, 1.54) is 5.01 Å². The van der Waals surface area contributed by atoms with Gasteiger partial charge in [0.2, 0.25) is 17.0 Å². The number of hydrogen-bond donors (Lipinski definition) is 1. The average Bonchev–Trinajstić information content (AvgIpc) is 3.12. The molecule has 2 unspecified atom stereocenters. The molecule has 2 atom stereocenters. The smallest absolute Gasteiger partial charge is 0.226 e. The molecule has 27 heavy (non-hydrogen) atoms. The maximum Gasteiger partial charge on any atom is 0.226 e. The second kappa shape index (κ2) is 5.49. The number of Topliss-reactive ketones (excluding diaryl/α,β-unsaturated/α-hetero) is 1. The van der Waals surface area contributed by atoms with E-state index in [4.69, 9.17) is 11.6 Å². The van der Waals surface area contributed by atoms with Crippen molar-refractivity contribution in [1.29, 1.82) is 0 Å². The zero-order valence-corrected chi connectivity index (χ0v) is 14.8. The van der Waals surface area contributed by atoms with Crippen LogP contribution in [0, 0.1) is 0 Å². The van der Waals surface area contributed by atoms with E-state index in [9.17, 15) is 9.90 Å². The fourth-order valence-electron chi connectivity index (χ4n) is 3.98. The first kappa shape index (κ1) is 16.2. The number of halogens is 1. The first-order valence-corrected chi connectivity index (χ1v) is 8.87. The maximum atomic E-state index is 13.5. The van der Waals surface area contributed by atoms with Crippen molar-refractivity contribution in [3.63, 3.8) is 0 Å². The molecule has 0 amide bonds. The van der Waals surface area contributed by atoms with Crippen LogP contribution >= 0.6 is 11.6 Å². The van der Waals surface area contributed by atoms with Crippen LogP contribution in [-0.2, 0) is 11.3 Å². The minimum absolute atomic E-state index is 0.271. The fourth-order valence-corrected chi connectivity index (χ4v) is 4.11. The van der Waals surface area contributed by atoms with Crippen LogP contribution in [0.15, 0.2) is 89.2 Å². The number of fused-ring (bicyclic) bond motifs is 3. The van der Waals surface area contributed by atoms with E-state index in [1.54, 1.807) is 60.7 Å². The van der Waals surface area contributed by atoms with E-state index in [0.717, 1.165) is 0 Å². The zero-order chi connectivity index (χ0) is 18.6. The molecule has 6 heteroatoms. The summed E-state index contributed by atoms with van der Waals surface area (Å²) in [6.07, 6.45) is 0. The summed E-state index contributed by atoms with van der Waals surface area (Å²) in [5.41, 5.74) is -1.21. The van der Waals surface area contributed by atoms with Crippen LogP contribution in [0.2, 0.25) is 5.02 Å². The molecule has 5 rings (SSSR count). The highest BCUT2D eigenvalue weighted by molar-refractivity contribution is 6.30. The molecule has 0 aromatic heterocycles. The minimum atomic E-state index is -1.77. The van der Waals surface area contributed by atoms with Gasteiger partial charge in [-0.15, -0.1) is 5.11 Å². The predicted molar refractivity (Wildman–Crippen MR) is 102 cm³/mol. The highest BCUT2D eigenvalue weighted by atomic mass is 35.5. The number of carbonyl (C=O) groups is 1. The van der Waals surface area contributed by atoms with Gasteiger partial charge >= 0.3 is 0 Å². The molecule has 5 nitrogen and oxygen atoms in total. The summed E-state index contributed by atoms with van der Waals surface area (Å²) in [5.74, 6) is -0.271. The van der Waals surface area contributed by atoms with E-state index in [0.29, 0.717) is 27.4 Å². The molecule has 0 saturated heterocycles. The van der Waals surface area contributed by atoms with Gasteiger partial charge in [0.1, 0.15) is 0 Å². The topological polar surface area (TPSA) is 65.3 Å². The molecule has 0 bridgehead atoms. The summed E-state index contributed by atoms with van der Waals surface area (Å²) in [7, 11) is 0. The summed E-state index contributed by atoms with van der Waals surface area (Å²) in [6, 6.07) is 23.0. The SMILES string of the molecule is O=C1c2ccccc2C2(O)N(c3ccc(Cl)cc3)N=NC12c1ccccc1. The molecule has 132 valence electrons. The minimum Gasteiger partial charge on any atom is -0.363 e. The molecule has 3 aromatic carbocycles. The highest BCUT2D eigenvalue weighted by Crippen LogP contribution is 2.58. The lowest BCUT2D eigenvalue weighted by atomic mass is 9.80. The third kappa shape index (κ3) is 1.90. The molecular formula is C21H14ClN3O2. The Bertz CT molecular complexity index is 1080. The largest absolute Gasteiger partial charge is 0.363 e. The van der Waals surface area contributed by atoms with Gasteiger partial charge in [-0.1, -0.05) is 71.4 Å². The van der Waals surface area contributed by atoms with E-state index < -0.39 is 11.3 Å². The van der Waals surface area contributed by atoms with Gasteiger partial charge < -0.3 is 5.11 Å². The van der Waals surface area contributed by atoms with Crippen LogP contribution in [-0.4, -0.2) is 10.9 Å². The molecule has 2 aliphatic rings. The second-order valence-electron chi connectivity index (χ2n) is 6.60. The molecule has 1 heterocycles. The second-order valence-corrected chi connectivity index (χ2v) is 7.04. The Hall–Kier alpha value is -3.02. The summed E-state index contributed by atoms with van der Waals surface area (Å²) in [6.45, 7) is 0. The number of ketones is 1. The highest BCUT2D eigenvalue weighted by Gasteiger charge is 2.71. The van der Waals surface area contributed by atoms with Crippen LogP contribution < -0.4 is 5.01 Å². The van der Waals surface area contributed by atoms with Gasteiger partial charge in [0, 0.05) is 16.1 Å². The van der Waals surface area contributed by atoms with Gasteiger partial charge in [-0.2, -0.15) is 0 Å². The van der Waals surface area contributed by atoms with E-state index in [-0.39, 0.29) is 5.78 Å². The quantitative estimate of drug-likeness (QED) is 0.719. The Morgan fingerprint density at radius 3 is 2.30 bits per heavy atom. The molecule has 0 saturated carbocycles. The van der Waals surface area contributed by atoms with Crippen molar-refractivity contribution >= 4 is 23.1 Å². The van der Waals surface area contributed by atoms with Crippen LogP contribution in [0.25, 0.3) is 0 Å². The van der Waals surface area contributed by atoms with Crippen molar-refractivity contribution in [2.24, 2.45) is 10.3 Å². The van der Waals surface area contributed by atoms with E-state index in [1.807, 2.05) is 18.2 Å². The number of hydrogen-bond acceptors (Lipinski definition) is 5. The number of benzene rings is 3. The normalized spacial score (nSPS) is 25.6. The molecular weight excluding hydrogens is 362 g/mol. The summed E-state index contributed by atoms with van der Waals surface area (Å²) in [5, 5.41) is 22.6. The Balaban J connectivity index is 1.80. The van der Waals surface area contributed by atoms with Gasteiger partial charge in [-0.3, -0.25) is 4.79 Å². The fraction of sp³-hybridized carbons (Fsp3) is 0.0952. The molecule has 1 aliphatic carbocycles. The number of nitrogens with zero attached hydrogens (tertiary/aromatic N) is 3. The third-order valence-electron chi connectivity index (χ3n) is 5.23. The van der Waals surface area contributed by atoms with Gasteiger partial charge in [0.15, 0.2) is 0 Å². The zero-order valence-electron chi connectivity index (χ0n) is 14.1. The number of aliphatic hydroxyl groups is 1. The Morgan fingerprint density at radius 2 is 1.56 bits per heavy atom. The standard InChI is InChI=1S/C21H14ClN3O2/c22-15-10-12-16(13-11-15)25-21(27)18-9-5-4-8-17(18)19(26)20(21,23-24-25)14-6-2-1-3-7-14/h1-13,27H. The molecule has 0 radical (unpaired) electrons. The number of rotatable bonds is 2. The summed E-state index contributed by atoms with van der Waals surface area (Å²) < 4.78 is 0. The molecule has 0 spiro atoms. The molecule has 3 aromatic rings. The Labute approximate surface area is 160 Å². The van der Waals surface area contributed by atoms with E-state index >= 15 is 0 Å². The van der Waals surface area contributed by atoms with Crippen molar-refractivity contribution in [2.45, 2.75) is 11.3 Å². The number of carbonyl (C=O) groups excluding carboxylic acids is 1. The van der Waals surface area contributed by atoms with Gasteiger partial charge in [0.25, 0.3) is 0 Å². The molecule has 1 aliphatic heterocycles. The van der Waals surface area contributed by atoms with Gasteiger partial charge in [-0.25, -0.2) is 5.01 Å². The van der Waals surface area contributed by atoms with Crippen LogP contribution in [0.4, 0.5) is 5.69 Å². The lowest BCUT2D eigenvalue weighted by molar-refractivity contribution is -0.00735. The monoisotopic (exact) mass is 375 g/mol. The lowest BCUT2D eigenvalue weighted by Gasteiger charge is -2.37. The van der Waals surface area contributed by atoms with Crippen LogP contribution in [0.3, 0.4) is 0 Å². The van der Waals surface area contributed by atoms with Crippen LogP contribution in [0.1, 0.15) is 21.5 Å². The van der Waals surface area contributed by atoms with Crippen molar-refractivity contribution in [2.75, 3.05) is 5.01 Å². The Morgan fingerprint density at radius 1 is 0.889 bits per heavy atom. The first-order chi connectivity index (χ1) is 13.1. The van der Waals surface area contributed by atoms with Crippen molar-refractivity contribution < 1.29 is 9.90 Å². The summed E-state index contributed by atoms with van der Waals surface area (Å²) in [4.78, 5) is 13.5. The van der Waals surface area contributed by atoms with Gasteiger partial charge in [-0.05, 0) is 29.8 Å². The summed E-state index contributed by atoms with van der Waals surface area (Å²) >= 11 is 6.00. The maximum absolute atomic E-state index is 13.5. The lowest BCUT2D eigenvalue weighted by Crippen LogP contribution is -2.53. The first-order valence-electron chi connectivity index (χ1n) is 8.50. The van der Waals surface area contributed by atoms with Crippen molar-refractivity contribution in [3.05, 3.63) is 101 Å². The Kier molecular flexibility index (Phi) is 3.29. The van der Waals surface area contributed by atoms with Crippen molar-refractivity contribution in [3.8, 4) is 0 Å². The van der Waals surface area contributed by atoms with Gasteiger partial charge in [0.05, 0.1) is 5.69 Å². The molecule has 1 N–H and O–H groups in total. The third-order valence-corrected chi connectivity index (χ3v) is 5.49. The van der Waals surface area contributed by atoms with Crippen LogP contribution in [0.5, 0.6) is 0 Å². The van der Waals surface area contributed by atoms with E-state index in [2.05, 4.69) is 10.3 Å². The predicted octanol–water partition coefficient (Wildman–Crippen LogP) is 4.46. The van der Waals surface area contributed by atoms with Crippen molar-refractivity contribution in [1.82, 2.24) is 0 Å². The number of anilines is 1. The average molecular weight is 376 g/mol. The molecule has 0 fully saturated rings.